The Balaban J connectivity index is 2.35. The Labute approximate surface area is 125 Å². The van der Waals surface area contributed by atoms with Gasteiger partial charge >= 0.3 is 0 Å². The molecule has 0 saturated carbocycles. The van der Waals surface area contributed by atoms with Gasteiger partial charge in [-0.1, -0.05) is 39.7 Å². The maximum absolute atomic E-state index is 12.3. The van der Waals surface area contributed by atoms with Crippen LogP contribution >= 0.6 is 27.5 Å². The van der Waals surface area contributed by atoms with Crippen molar-refractivity contribution in [1.29, 1.82) is 0 Å². The zero-order valence-electron chi connectivity index (χ0n) is 9.81. The van der Waals surface area contributed by atoms with Crippen molar-refractivity contribution < 1.29 is 8.42 Å². The van der Waals surface area contributed by atoms with Gasteiger partial charge in [0, 0.05) is 4.47 Å². The highest BCUT2D eigenvalue weighted by Gasteiger charge is 2.16. The lowest BCUT2D eigenvalue weighted by molar-refractivity contribution is 0.595. The number of benzene rings is 2. The molecule has 2 aromatic carbocycles. The molecule has 2 aromatic rings. The minimum Gasteiger partial charge on any atom is -0.398 e. The van der Waals surface area contributed by atoms with Gasteiger partial charge in [-0.25, -0.2) is 8.42 Å². The molecule has 0 amide bonds. The highest BCUT2D eigenvalue weighted by molar-refractivity contribution is 9.10. The van der Waals surface area contributed by atoms with E-state index in [9.17, 15) is 8.42 Å². The Kier molecular flexibility index (Phi) is 4.18. The van der Waals surface area contributed by atoms with Crippen LogP contribution in [0.3, 0.4) is 0 Å². The summed E-state index contributed by atoms with van der Waals surface area (Å²) in [5, 5.41) is 0.246. The molecule has 0 saturated heterocycles. The molecular weight excluding hydrogens is 350 g/mol. The van der Waals surface area contributed by atoms with Crippen LogP contribution in [0.5, 0.6) is 0 Å². The summed E-state index contributed by atoms with van der Waals surface area (Å²) < 4.78 is 25.4. The van der Waals surface area contributed by atoms with Crippen LogP contribution < -0.4 is 5.73 Å². The van der Waals surface area contributed by atoms with Crippen molar-refractivity contribution in [2.45, 2.75) is 10.6 Å². The van der Waals surface area contributed by atoms with E-state index in [4.69, 9.17) is 17.3 Å². The fourth-order valence-electron chi connectivity index (χ4n) is 1.63. The lowest BCUT2D eigenvalue weighted by Gasteiger charge is -2.06. The van der Waals surface area contributed by atoms with Gasteiger partial charge in [-0.2, -0.15) is 0 Å². The first kappa shape index (κ1) is 14.4. The van der Waals surface area contributed by atoms with Crippen molar-refractivity contribution in [3.05, 3.63) is 57.5 Å². The quantitative estimate of drug-likeness (QED) is 0.850. The van der Waals surface area contributed by atoms with E-state index in [2.05, 4.69) is 15.9 Å². The standard InChI is InChI=1S/C13H11BrClNO2S/c14-10-3-1-2-9(6-10)8-19(17,18)11-4-5-13(16)12(15)7-11/h1-7H,8,16H2. The molecule has 2 N–H and O–H groups in total. The molecule has 19 heavy (non-hydrogen) atoms. The van der Waals surface area contributed by atoms with E-state index < -0.39 is 9.84 Å². The highest BCUT2D eigenvalue weighted by atomic mass is 79.9. The normalized spacial score (nSPS) is 11.5. The van der Waals surface area contributed by atoms with E-state index in [1.54, 1.807) is 18.2 Å². The van der Waals surface area contributed by atoms with E-state index in [1.165, 1.54) is 18.2 Å². The summed E-state index contributed by atoms with van der Waals surface area (Å²) in [6, 6.07) is 11.5. The summed E-state index contributed by atoms with van der Waals surface area (Å²) in [6.07, 6.45) is 0. The molecule has 0 atom stereocenters. The summed E-state index contributed by atoms with van der Waals surface area (Å²) in [6.45, 7) is 0. The van der Waals surface area contributed by atoms with E-state index in [-0.39, 0.29) is 15.7 Å². The molecule has 0 fully saturated rings. The van der Waals surface area contributed by atoms with Crippen LogP contribution in [-0.4, -0.2) is 8.42 Å². The second-order valence-corrected chi connectivity index (χ2v) is 7.38. The fraction of sp³-hybridized carbons (Fsp3) is 0.0769. The Morgan fingerprint density at radius 3 is 2.53 bits per heavy atom. The molecule has 3 nitrogen and oxygen atoms in total. The highest BCUT2D eigenvalue weighted by Crippen LogP contribution is 2.25. The summed E-state index contributed by atoms with van der Waals surface area (Å²) in [4.78, 5) is 0.173. The van der Waals surface area contributed by atoms with Crippen LogP contribution in [0.25, 0.3) is 0 Å². The van der Waals surface area contributed by atoms with Crippen LogP contribution in [0.1, 0.15) is 5.56 Å². The Morgan fingerprint density at radius 1 is 1.16 bits per heavy atom. The lowest BCUT2D eigenvalue weighted by Crippen LogP contribution is -2.05. The van der Waals surface area contributed by atoms with Crippen LogP contribution in [-0.2, 0) is 15.6 Å². The minimum atomic E-state index is -3.43. The largest absolute Gasteiger partial charge is 0.398 e. The van der Waals surface area contributed by atoms with Crippen molar-refractivity contribution in [1.82, 2.24) is 0 Å². The van der Waals surface area contributed by atoms with Gasteiger partial charge in [0.15, 0.2) is 9.84 Å². The maximum atomic E-state index is 12.3. The van der Waals surface area contributed by atoms with Crippen LogP contribution in [0.4, 0.5) is 5.69 Å². The predicted molar refractivity (Wildman–Crippen MR) is 80.9 cm³/mol. The van der Waals surface area contributed by atoms with Crippen molar-refractivity contribution in [2.24, 2.45) is 0 Å². The lowest BCUT2D eigenvalue weighted by atomic mass is 10.2. The average molecular weight is 361 g/mol. The summed E-state index contributed by atoms with van der Waals surface area (Å²) >= 11 is 9.17. The number of hydrogen-bond donors (Lipinski definition) is 1. The molecule has 0 bridgehead atoms. The number of sulfone groups is 1. The smallest absolute Gasteiger partial charge is 0.182 e. The first-order chi connectivity index (χ1) is 8.88. The van der Waals surface area contributed by atoms with Crippen LogP contribution in [0.15, 0.2) is 51.8 Å². The molecule has 2 rings (SSSR count). The van der Waals surface area contributed by atoms with Gasteiger partial charge in [0.25, 0.3) is 0 Å². The Bertz CT molecular complexity index is 716. The molecule has 0 unspecified atom stereocenters. The first-order valence-electron chi connectivity index (χ1n) is 5.41. The summed E-state index contributed by atoms with van der Waals surface area (Å²) in [7, 11) is -3.43. The average Bonchev–Trinajstić information content (AvgIpc) is 2.32. The molecule has 100 valence electrons. The van der Waals surface area contributed by atoms with Gasteiger partial charge in [-0.15, -0.1) is 0 Å². The first-order valence-corrected chi connectivity index (χ1v) is 8.23. The molecule has 0 aliphatic heterocycles. The number of halogens is 2. The number of nitrogens with two attached hydrogens (primary N) is 1. The second-order valence-electron chi connectivity index (χ2n) is 4.07. The topological polar surface area (TPSA) is 60.2 Å². The van der Waals surface area contributed by atoms with Crippen LogP contribution in [0, 0.1) is 0 Å². The number of rotatable bonds is 3. The minimum absolute atomic E-state index is 0.0767. The third kappa shape index (κ3) is 3.49. The van der Waals surface area contributed by atoms with Gasteiger partial charge < -0.3 is 5.73 Å². The number of nitrogen functional groups attached to an aromatic ring is 1. The van der Waals surface area contributed by atoms with Gasteiger partial charge in [-0.3, -0.25) is 0 Å². The summed E-state index contributed by atoms with van der Waals surface area (Å²) in [5.41, 5.74) is 6.65. The fourth-order valence-corrected chi connectivity index (χ4v) is 3.68. The molecule has 0 aliphatic carbocycles. The molecule has 0 heterocycles. The molecular formula is C13H11BrClNO2S. The Hall–Kier alpha value is -1.04. The molecule has 0 aromatic heterocycles. The van der Waals surface area contributed by atoms with E-state index in [1.807, 2.05) is 6.07 Å². The van der Waals surface area contributed by atoms with Crippen molar-refractivity contribution in [2.75, 3.05) is 5.73 Å². The van der Waals surface area contributed by atoms with Gasteiger partial charge in [0.2, 0.25) is 0 Å². The van der Waals surface area contributed by atoms with Crippen molar-refractivity contribution in [3.8, 4) is 0 Å². The maximum Gasteiger partial charge on any atom is 0.182 e. The van der Waals surface area contributed by atoms with E-state index >= 15 is 0 Å². The van der Waals surface area contributed by atoms with Crippen molar-refractivity contribution in [3.63, 3.8) is 0 Å². The van der Waals surface area contributed by atoms with Gasteiger partial charge in [0.1, 0.15) is 0 Å². The molecule has 6 heteroatoms. The van der Waals surface area contributed by atoms with Gasteiger partial charge in [-0.05, 0) is 35.9 Å². The zero-order valence-corrected chi connectivity index (χ0v) is 13.0. The molecule has 0 radical (unpaired) electrons. The number of hydrogen-bond acceptors (Lipinski definition) is 3. The van der Waals surface area contributed by atoms with E-state index in [0.29, 0.717) is 11.3 Å². The third-order valence-electron chi connectivity index (χ3n) is 2.58. The van der Waals surface area contributed by atoms with Crippen LogP contribution in [0.2, 0.25) is 5.02 Å². The summed E-state index contributed by atoms with van der Waals surface area (Å²) in [5.74, 6) is -0.0767. The predicted octanol–water partition coefficient (Wildman–Crippen LogP) is 3.66. The third-order valence-corrected chi connectivity index (χ3v) is 5.08. The number of anilines is 1. The monoisotopic (exact) mass is 359 g/mol. The zero-order chi connectivity index (χ0) is 14.0. The second kappa shape index (κ2) is 5.53. The van der Waals surface area contributed by atoms with E-state index in [0.717, 1.165) is 4.47 Å². The molecule has 0 spiro atoms. The molecule has 0 aliphatic rings. The van der Waals surface area contributed by atoms with Crippen molar-refractivity contribution >= 4 is 43.1 Å². The Morgan fingerprint density at radius 2 is 1.89 bits per heavy atom. The van der Waals surface area contributed by atoms with Gasteiger partial charge in [0.05, 0.1) is 21.4 Å². The SMILES string of the molecule is Nc1ccc(S(=O)(=O)Cc2cccc(Br)c2)cc1Cl.